The third kappa shape index (κ3) is 3.90. The molecular weight excluding hydrogens is 559 g/mol. The van der Waals surface area contributed by atoms with Crippen molar-refractivity contribution in [2.45, 2.75) is 149 Å². The van der Waals surface area contributed by atoms with Gasteiger partial charge in [0, 0.05) is 27.9 Å². The molecule has 1 aromatic carbocycles. The van der Waals surface area contributed by atoms with Crippen molar-refractivity contribution in [1.29, 1.82) is 0 Å². The average Bonchev–Trinajstić information content (AvgIpc) is 3.60. The Labute approximate surface area is 267 Å². The second-order valence-corrected chi connectivity index (χ2v) is 21.9. The lowest BCUT2D eigenvalue weighted by Crippen LogP contribution is -2.64. The van der Waals surface area contributed by atoms with E-state index in [0.717, 1.165) is 50.2 Å². The van der Waals surface area contributed by atoms with Gasteiger partial charge in [0.1, 0.15) is 6.29 Å². The van der Waals surface area contributed by atoms with E-state index >= 15 is 0 Å². The summed E-state index contributed by atoms with van der Waals surface area (Å²) in [7, 11) is -1.83. The van der Waals surface area contributed by atoms with Gasteiger partial charge in [-0.25, -0.2) is 0 Å². The molecule has 2 saturated carbocycles. The number of rotatable bonds is 6. The lowest BCUT2D eigenvalue weighted by atomic mass is 9.41. The monoisotopic (exact) mass is 615 g/mol. The molecule has 1 aromatic heterocycles. The number of H-pyrrole nitrogens is 1. The van der Waals surface area contributed by atoms with Crippen LogP contribution < -0.4 is 0 Å². The summed E-state index contributed by atoms with van der Waals surface area (Å²) >= 11 is 0. The number of carbonyl (C=O) groups is 1. The minimum atomic E-state index is -1.83. The van der Waals surface area contributed by atoms with Crippen LogP contribution in [0.3, 0.4) is 0 Å². The fourth-order valence-electron chi connectivity index (χ4n) is 11.8. The maximum absolute atomic E-state index is 13.3. The molecule has 44 heavy (non-hydrogen) atoms. The van der Waals surface area contributed by atoms with Crippen LogP contribution in [0.4, 0.5) is 0 Å². The van der Waals surface area contributed by atoms with Crippen molar-refractivity contribution < 1.29 is 14.0 Å². The summed E-state index contributed by atoms with van der Waals surface area (Å²) in [4.78, 5) is 17.3. The summed E-state index contributed by atoms with van der Waals surface area (Å²) in [5, 5.41) is 1.43. The number of hydrogen-bond donors (Lipinski definition) is 1. The Bertz CT molecular complexity index is 1540. The molecule has 0 unspecified atom stereocenters. The highest BCUT2D eigenvalue weighted by Gasteiger charge is 2.67. The average molecular weight is 616 g/mol. The van der Waals surface area contributed by atoms with Crippen molar-refractivity contribution in [1.82, 2.24) is 4.98 Å². The maximum Gasteiger partial charge on any atom is 0.192 e. The van der Waals surface area contributed by atoms with Crippen LogP contribution in [0.15, 0.2) is 18.2 Å². The van der Waals surface area contributed by atoms with E-state index in [4.69, 9.17) is 9.16 Å². The standard InChI is InChI=1S/C39H57NO3Si/c1-11-44(12-2,13-3)42-33-16-17-38(9)32(37(33,8)23-41)15-14-25-20-28-27-21-26-24(19-31(27)40-34(28)39(25,38)10)18-30-29(26)22-35(4,5)43-36(30,6)7/h19,21-23,25,30,32-33,40H,11-18,20H2,1-10H3/t25-,30-,32-,33-,37-,38-,39+/m0/s1. The molecule has 0 amide bonds. The minimum Gasteiger partial charge on any atom is -0.413 e. The second kappa shape index (κ2) is 9.67. The Balaban J connectivity index is 1.30. The first-order chi connectivity index (χ1) is 20.6. The molecule has 2 heterocycles. The van der Waals surface area contributed by atoms with Gasteiger partial charge in [-0.05, 0) is 142 Å². The van der Waals surface area contributed by atoms with Crippen molar-refractivity contribution in [2.75, 3.05) is 0 Å². The molecule has 2 aromatic rings. The van der Waals surface area contributed by atoms with Crippen LogP contribution in [-0.2, 0) is 32.2 Å². The highest BCUT2D eigenvalue weighted by Crippen LogP contribution is 2.70. The van der Waals surface area contributed by atoms with E-state index in [9.17, 15) is 4.79 Å². The summed E-state index contributed by atoms with van der Waals surface area (Å²) in [5.41, 5.74) is 7.87. The van der Waals surface area contributed by atoms with Gasteiger partial charge in [0.25, 0.3) is 0 Å². The Morgan fingerprint density at radius 3 is 2.34 bits per heavy atom. The normalized spacial score (nSPS) is 38.4. The van der Waals surface area contributed by atoms with Crippen molar-refractivity contribution in [3.8, 4) is 0 Å². The van der Waals surface area contributed by atoms with Crippen molar-refractivity contribution >= 4 is 31.1 Å². The molecule has 4 nitrogen and oxygen atoms in total. The summed E-state index contributed by atoms with van der Waals surface area (Å²) in [5.74, 6) is 1.34. The number of carbonyl (C=O) groups excluding carboxylic acids is 1. The van der Waals surface area contributed by atoms with Gasteiger partial charge in [-0.3, -0.25) is 0 Å². The SMILES string of the molecule is CC[Si](CC)(CC)O[C@H]1CC[C@@]2(C)[C@@H](CC[C@H]3Cc4c([nH]c5cc6c(cc45)C4=CC(C)(C)OC(C)(C)[C@H]4C6)[C@@]32C)[C@]1(C)C=O. The third-order valence-electron chi connectivity index (χ3n) is 14.6. The molecule has 240 valence electrons. The predicted octanol–water partition coefficient (Wildman–Crippen LogP) is 9.55. The van der Waals surface area contributed by atoms with E-state index in [1.165, 1.54) is 46.0 Å². The Morgan fingerprint density at radius 2 is 1.68 bits per heavy atom. The fraction of sp³-hybridized carbons (Fsp3) is 0.718. The number of aromatic nitrogens is 1. The van der Waals surface area contributed by atoms with E-state index in [1.807, 2.05) is 0 Å². The van der Waals surface area contributed by atoms with Crippen molar-refractivity contribution in [3.05, 3.63) is 40.6 Å². The van der Waals surface area contributed by atoms with E-state index in [1.54, 1.807) is 5.56 Å². The molecule has 2 fully saturated rings. The molecule has 0 radical (unpaired) electrons. The Kier molecular flexibility index (Phi) is 6.80. The van der Waals surface area contributed by atoms with Crippen LogP contribution in [0.5, 0.6) is 0 Å². The largest absolute Gasteiger partial charge is 0.413 e. The number of aldehydes is 1. The highest BCUT2D eigenvalue weighted by molar-refractivity contribution is 6.73. The van der Waals surface area contributed by atoms with E-state index in [2.05, 4.69) is 92.4 Å². The first kappa shape index (κ1) is 30.9. The topological polar surface area (TPSA) is 51.3 Å². The Morgan fingerprint density at radius 1 is 0.977 bits per heavy atom. The zero-order valence-corrected chi connectivity index (χ0v) is 30.2. The zero-order chi connectivity index (χ0) is 31.7. The molecule has 1 N–H and O–H groups in total. The van der Waals surface area contributed by atoms with Crippen LogP contribution in [-0.4, -0.2) is 36.9 Å². The van der Waals surface area contributed by atoms with Gasteiger partial charge in [-0.15, -0.1) is 0 Å². The fourth-order valence-corrected chi connectivity index (χ4v) is 14.8. The van der Waals surface area contributed by atoms with Crippen LogP contribution in [0, 0.1) is 28.6 Å². The number of hydrogen-bond acceptors (Lipinski definition) is 3. The van der Waals surface area contributed by atoms with Crippen LogP contribution >= 0.6 is 0 Å². The number of fused-ring (bicyclic) bond motifs is 10. The zero-order valence-electron chi connectivity index (χ0n) is 29.2. The quantitative estimate of drug-likeness (QED) is 0.260. The maximum atomic E-state index is 13.3. The number of nitrogens with one attached hydrogen (secondary N) is 1. The predicted molar refractivity (Wildman–Crippen MR) is 184 cm³/mol. The minimum absolute atomic E-state index is 0.0171. The van der Waals surface area contributed by atoms with Crippen LogP contribution in [0.2, 0.25) is 18.1 Å². The van der Waals surface area contributed by atoms with Crippen molar-refractivity contribution in [2.24, 2.45) is 28.6 Å². The first-order valence-electron chi connectivity index (χ1n) is 17.9. The van der Waals surface area contributed by atoms with Crippen LogP contribution in [0.1, 0.15) is 117 Å². The molecule has 7 rings (SSSR count). The molecule has 0 spiro atoms. The number of benzene rings is 1. The van der Waals surface area contributed by atoms with Crippen molar-refractivity contribution in [3.63, 3.8) is 0 Å². The Hall–Kier alpha value is -1.69. The van der Waals surface area contributed by atoms with Gasteiger partial charge >= 0.3 is 0 Å². The van der Waals surface area contributed by atoms with Gasteiger partial charge in [-0.1, -0.05) is 41.5 Å². The number of aromatic amines is 1. The molecule has 7 atom stereocenters. The van der Waals surface area contributed by atoms with E-state index in [-0.39, 0.29) is 28.1 Å². The summed E-state index contributed by atoms with van der Waals surface area (Å²) in [6.45, 7) is 23.3. The lowest BCUT2D eigenvalue weighted by molar-refractivity contribution is -0.165. The van der Waals surface area contributed by atoms with Gasteiger partial charge in [-0.2, -0.15) is 0 Å². The summed E-state index contributed by atoms with van der Waals surface area (Å²) < 4.78 is 13.8. The molecule has 0 saturated heterocycles. The summed E-state index contributed by atoms with van der Waals surface area (Å²) in [6, 6.07) is 8.41. The molecule has 0 bridgehead atoms. The lowest BCUT2D eigenvalue weighted by Gasteiger charge is -2.64. The third-order valence-corrected chi connectivity index (χ3v) is 19.3. The smallest absolute Gasteiger partial charge is 0.192 e. The highest BCUT2D eigenvalue weighted by atomic mass is 28.4. The number of ether oxygens (including phenoxy) is 1. The first-order valence-corrected chi connectivity index (χ1v) is 20.4. The molecule has 5 aliphatic rings. The molecule has 5 heteroatoms. The van der Waals surface area contributed by atoms with Gasteiger partial charge in [0.05, 0.1) is 22.7 Å². The van der Waals surface area contributed by atoms with E-state index in [0.29, 0.717) is 17.8 Å². The molecule has 4 aliphatic carbocycles. The van der Waals surface area contributed by atoms with E-state index < -0.39 is 13.7 Å². The van der Waals surface area contributed by atoms with Gasteiger partial charge < -0.3 is 18.9 Å². The van der Waals surface area contributed by atoms with Gasteiger partial charge in [0.15, 0.2) is 8.32 Å². The second-order valence-electron chi connectivity index (χ2n) is 17.2. The van der Waals surface area contributed by atoms with Crippen LogP contribution in [0.25, 0.3) is 16.5 Å². The molecule has 1 aliphatic heterocycles. The van der Waals surface area contributed by atoms with Gasteiger partial charge in [0.2, 0.25) is 0 Å². The molecular formula is C39H57NO3Si. The summed E-state index contributed by atoms with van der Waals surface area (Å²) in [6.07, 6.45) is 10.4.